The van der Waals surface area contributed by atoms with Crippen molar-refractivity contribution in [1.82, 2.24) is 9.97 Å². The lowest BCUT2D eigenvalue weighted by atomic mass is 10.3. The smallest absolute Gasteiger partial charge is 0.294 e. The zero-order valence-electron chi connectivity index (χ0n) is 8.90. The molecule has 0 atom stereocenters. The molecule has 0 aliphatic heterocycles. The van der Waals surface area contributed by atoms with Crippen LogP contribution in [0.1, 0.15) is 16.2 Å². The van der Waals surface area contributed by atoms with Gasteiger partial charge in [-0.15, -0.1) is 0 Å². The van der Waals surface area contributed by atoms with E-state index in [-0.39, 0.29) is 5.76 Å². The fourth-order valence-electron chi connectivity index (χ4n) is 1.23. The molecule has 2 rings (SSSR count). The van der Waals surface area contributed by atoms with E-state index in [1.807, 2.05) is 0 Å². The van der Waals surface area contributed by atoms with Gasteiger partial charge >= 0.3 is 0 Å². The molecule has 0 aromatic carbocycles. The molecule has 0 spiro atoms. The maximum atomic E-state index is 11.8. The molecular weight excluding hydrogens is 288 g/mol. The number of aryl methyl sites for hydroxylation is 1. The number of anilines is 2. The van der Waals surface area contributed by atoms with Gasteiger partial charge in [0.15, 0.2) is 6.39 Å². The van der Waals surface area contributed by atoms with Gasteiger partial charge < -0.3 is 15.5 Å². The molecule has 6 nitrogen and oxygen atoms in total. The summed E-state index contributed by atoms with van der Waals surface area (Å²) in [5.41, 5.74) is 6.57. The SMILES string of the molecule is Cc1ncoc1C(=O)Nc1ncc(N)cc1Br. The van der Waals surface area contributed by atoms with Gasteiger partial charge in [0.25, 0.3) is 5.91 Å². The molecule has 2 aromatic heterocycles. The third kappa shape index (κ3) is 2.44. The highest BCUT2D eigenvalue weighted by Crippen LogP contribution is 2.22. The summed E-state index contributed by atoms with van der Waals surface area (Å²) >= 11 is 3.25. The standard InChI is InChI=1S/C10H9BrN4O2/c1-5-8(17-4-14-5)10(16)15-9-7(11)2-6(12)3-13-9/h2-4H,12H2,1H3,(H,13,15,16). The largest absolute Gasteiger partial charge is 0.438 e. The van der Waals surface area contributed by atoms with Gasteiger partial charge in [-0.1, -0.05) is 0 Å². The second kappa shape index (κ2) is 4.54. The monoisotopic (exact) mass is 296 g/mol. The number of halogens is 1. The number of amides is 1. The highest BCUT2D eigenvalue weighted by Gasteiger charge is 2.15. The Morgan fingerprint density at radius 3 is 2.88 bits per heavy atom. The molecule has 1 amide bonds. The molecule has 7 heteroatoms. The molecule has 17 heavy (non-hydrogen) atoms. The molecule has 2 heterocycles. The van der Waals surface area contributed by atoms with Crippen molar-refractivity contribution in [2.75, 3.05) is 11.1 Å². The van der Waals surface area contributed by atoms with Gasteiger partial charge in [0.2, 0.25) is 5.76 Å². The summed E-state index contributed by atoms with van der Waals surface area (Å²) in [5.74, 6) is 0.133. The van der Waals surface area contributed by atoms with E-state index in [9.17, 15) is 4.79 Å². The van der Waals surface area contributed by atoms with Crippen molar-refractivity contribution in [3.8, 4) is 0 Å². The number of nitrogens with one attached hydrogen (secondary N) is 1. The topological polar surface area (TPSA) is 94.0 Å². The van der Waals surface area contributed by atoms with Crippen LogP contribution in [0.2, 0.25) is 0 Å². The number of hydrogen-bond acceptors (Lipinski definition) is 5. The van der Waals surface area contributed by atoms with E-state index < -0.39 is 5.91 Å². The van der Waals surface area contributed by atoms with Crippen LogP contribution in [0.25, 0.3) is 0 Å². The molecule has 0 unspecified atom stereocenters. The van der Waals surface area contributed by atoms with Crippen molar-refractivity contribution >= 4 is 33.3 Å². The van der Waals surface area contributed by atoms with Crippen LogP contribution in [0, 0.1) is 6.92 Å². The van der Waals surface area contributed by atoms with Gasteiger partial charge in [-0.3, -0.25) is 4.79 Å². The minimum absolute atomic E-state index is 0.163. The Balaban J connectivity index is 2.22. The summed E-state index contributed by atoms with van der Waals surface area (Å²) in [6.07, 6.45) is 2.67. The van der Waals surface area contributed by atoms with Gasteiger partial charge in [0, 0.05) is 0 Å². The average molecular weight is 297 g/mol. The van der Waals surface area contributed by atoms with E-state index >= 15 is 0 Å². The number of pyridine rings is 1. The normalized spacial score (nSPS) is 10.2. The van der Waals surface area contributed by atoms with Crippen LogP contribution < -0.4 is 11.1 Å². The predicted molar refractivity (Wildman–Crippen MR) is 65.5 cm³/mol. The molecule has 88 valence electrons. The Kier molecular flexibility index (Phi) is 3.10. The van der Waals surface area contributed by atoms with Crippen LogP contribution >= 0.6 is 15.9 Å². The Hall–Kier alpha value is -1.89. The first kappa shape index (κ1) is 11.6. The summed E-state index contributed by atoms with van der Waals surface area (Å²) in [6.45, 7) is 1.68. The average Bonchev–Trinajstić information content (AvgIpc) is 2.68. The molecular formula is C10H9BrN4O2. The Bertz CT molecular complexity index is 567. The van der Waals surface area contributed by atoms with Crippen molar-refractivity contribution in [2.24, 2.45) is 0 Å². The van der Waals surface area contributed by atoms with E-state index in [4.69, 9.17) is 10.2 Å². The molecule has 0 radical (unpaired) electrons. The van der Waals surface area contributed by atoms with E-state index in [1.54, 1.807) is 13.0 Å². The van der Waals surface area contributed by atoms with Crippen molar-refractivity contribution in [1.29, 1.82) is 0 Å². The number of hydrogen-bond donors (Lipinski definition) is 2. The highest BCUT2D eigenvalue weighted by atomic mass is 79.9. The van der Waals surface area contributed by atoms with Gasteiger partial charge in [-0.25, -0.2) is 9.97 Å². The van der Waals surface area contributed by atoms with Crippen LogP contribution in [0.3, 0.4) is 0 Å². The number of nitrogens with zero attached hydrogens (tertiary/aromatic N) is 2. The lowest BCUT2D eigenvalue weighted by Gasteiger charge is -2.05. The quantitative estimate of drug-likeness (QED) is 0.883. The van der Waals surface area contributed by atoms with Crippen LogP contribution in [0.5, 0.6) is 0 Å². The number of aromatic nitrogens is 2. The van der Waals surface area contributed by atoms with Crippen LogP contribution in [0.4, 0.5) is 11.5 Å². The van der Waals surface area contributed by atoms with Gasteiger partial charge in [-0.2, -0.15) is 0 Å². The maximum absolute atomic E-state index is 11.8. The molecule has 0 aliphatic carbocycles. The zero-order valence-corrected chi connectivity index (χ0v) is 10.5. The first-order valence-electron chi connectivity index (χ1n) is 4.70. The van der Waals surface area contributed by atoms with E-state index in [2.05, 4.69) is 31.2 Å². The van der Waals surface area contributed by atoms with Gasteiger partial charge in [0.05, 0.1) is 22.1 Å². The lowest BCUT2D eigenvalue weighted by molar-refractivity contribution is 0.0995. The number of carbonyl (C=O) groups is 1. The Labute approximate surface area is 105 Å². The molecule has 0 fully saturated rings. The van der Waals surface area contributed by atoms with Crippen molar-refractivity contribution in [3.05, 3.63) is 34.6 Å². The van der Waals surface area contributed by atoms with Gasteiger partial charge in [-0.05, 0) is 28.9 Å². The minimum Gasteiger partial charge on any atom is -0.438 e. The summed E-state index contributed by atoms with van der Waals surface area (Å²) in [6, 6.07) is 1.65. The summed E-state index contributed by atoms with van der Waals surface area (Å²) in [7, 11) is 0. The van der Waals surface area contributed by atoms with E-state index in [1.165, 1.54) is 12.6 Å². The third-order valence-electron chi connectivity index (χ3n) is 2.05. The number of carbonyl (C=O) groups excluding carboxylic acids is 1. The molecule has 0 bridgehead atoms. The maximum Gasteiger partial charge on any atom is 0.294 e. The lowest BCUT2D eigenvalue weighted by Crippen LogP contribution is -2.14. The van der Waals surface area contributed by atoms with Crippen molar-refractivity contribution < 1.29 is 9.21 Å². The predicted octanol–water partition coefficient (Wildman–Crippen LogP) is 1.98. The number of nitrogens with two attached hydrogens (primary N) is 1. The fraction of sp³-hybridized carbons (Fsp3) is 0.100. The zero-order chi connectivity index (χ0) is 12.4. The van der Waals surface area contributed by atoms with Crippen molar-refractivity contribution in [2.45, 2.75) is 6.92 Å². The summed E-state index contributed by atoms with van der Waals surface area (Å²) in [5, 5.41) is 2.59. The van der Waals surface area contributed by atoms with E-state index in [0.29, 0.717) is 21.7 Å². The van der Waals surface area contributed by atoms with Crippen LogP contribution in [-0.4, -0.2) is 15.9 Å². The number of rotatable bonds is 2. The molecule has 0 saturated carbocycles. The Morgan fingerprint density at radius 2 is 2.29 bits per heavy atom. The van der Waals surface area contributed by atoms with Gasteiger partial charge in [0.1, 0.15) is 5.82 Å². The summed E-state index contributed by atoms with van der Waals surface area (Å²) < 4.78 is 5.57. The number of oxazole rings is 1. The van der Waals surface area contributed by atoms with E-state index in [0.717, 1.165) is 0 Å². The second-order valence-corrected chi connectivity index (χ2v) is 4.17. The first-order chi connectivity index (χ1) is 8.08. The highest BCUT2D eigenvalue weighted by molar-refractivity contribution is 9.10. The van der Waals surface area contributed by atoms with Crippen LogP contribution in [0.15, 0.2) is 27.5 Å². The number of nitrogen functional groups attached to an aromatic ring is 1. The minimum atomic E-state index is -0.405. The van der Waals surface area contributed by atoms with Crippen LogP contribution in [-0.2, 0) is 0 Å². The summed E-state index contributed by atoms with van der Waals surface area (Å²) in [4.78, 5) is 19.6. The fourth-order valence-corrected chi connectivity index (χ4v) is 1.69. The third-order valence-corrected chi connectivity index (χ3v) is 2.65. The first-order valence-corrected chi connectivity index (χ1v) is 5.49. The van der Waals surface area contributed by atoms with Crippen molar-refractivity contribution in [3.63, 3.8) is 0 Å². The second-order valence-electron chi connectivity index (χ2n) is 3.32. The molecule has 3 N–H and O–H groups in total. The molecule has 0 saturated heterocycles. The Morgan fingerprint density at radius 1 is 1.53 bits per heavy atom. The molecule has 2 aromatic rings. The molecule has 0 aliphatic rings.